The molecule has 2 aliphatic rings. The lowest BCUT2D eigenvalue weighted by Crippen LogP contribution is -2.55. The van der Waals surface area contributed by atoms with Crippen LogP contribution in [0.3, 0.4) is 0 Å². The molecule has 2 aliphatic heterocycles. The van der Waals surface area contributed by atoms with E-state index in [1.165, 1.54) is 30.7 Å². The van der Waals surface area contributed by atoms with Crippen LogP contribution in [0.1, 0.15) is 10.6 Å². The summed E-state index contributed by atoms with van der Waals surface area (Å²) in [5.41, 5.74) is -0.190. The minimum absolute atomic E-state index is 0.0349. The molecule has 0 radical (unpaired) electrons. The largest absolute Gasteiger partial charge is 0.459 e. The Balaban J connectivity index is 1.50. The van der Waals surface area contributed by atoms with E-state index >= 15 is 0 Å². The average molecular weight is 428 g/mol. The van der Waals surface area contributed by atoms with Gasteiger partial charge in [0.25, 0.3) is 17.7 Å². The predicted octanol–water partition coefficient (Wildman–Crippen LogP) is 1.51. The zero-order chi connectivity index (χ0) is 21.3. The van der Waals surface area contributed by atoms with Crippen molar-refractivity contribution < 1.29 is 23.2 Å². The molecule has 4 rings (SSSR count). The summed E-state index contributed by atoms with van der Waals surface area (Å²) in [6.07, 6.45) is 2.87. The van der Waals surface area contributed by atoms with Crippen LogP contribution in [0, 0.1) is 5.82 Å². The summed E-state index contributed by atoms with van der Waals surface area (Å²) >= 11 is 5.08. The minimum Gasteiger partial charge on any atom is -0.459 e. The number of furan rings is 1. The summed E-state index contributed by atoms with van der Waals surface area (Å²) < 4.78 is 19.3. The monoisotopic (exact) mass is 428 g/mol. The highest BCUT2D eigenvalue weighted by Crippen LogP contribution is 2.24. The first kappa shape index (κ1) is 19.8. The molecule has 10 heteroatoms. The Hall–Kier alpha value is -3.53. The SMILES string of the molecule is O=C1NC(=S)N(c2ccccc2F)C(=O)/C1=C/N1CCN(C(=O)c2ccco2)CC1. The van der Waals surface area contributed by atoms with E-state index < -0.39 is 17.6 Å². The molecule has 0 saturated carbocycles. The molecule has 1 aromatic carbocycles. The standard InChI is InChI=1S/C20H17FN4O4S/c21-14-4-1-2-5-15(14)25-18(27)13(17(26)22-20(25)30)12-23-7-9-24(10-8-23)19(28)16-6-3-11-29-16/h1-6,11-12H,7-10H2,(H,22,26,30)/b13-12+. The molecule has 154 valence electrons. The van der Waals surface area contributed by atoms with Gasteiger partial charge in [-0.05, 0) is 36.5 Å². The lowest BCUT2D eigenvalue weighted by Gasteiger charge is -2.35. The van der Waals surface area contributed by atoms with Crippen LogP contribution in [-0.4, -0.2) is 58.8 Å². The van der Waals surface area contributed by atoms with Gasteiger partial charge in [-0.25, -0.2) is 9.29 Å². The number of nitrogens with one attached hydrogen (secondary N) is 1. The number of piperazine rings is 1. The number of rotatable bonds is 3. The van der Waals surface area contributed by atoms with Crippen LogP contribution in [0.4, 0.5) is 10.1 Å². The Morgan fingerprint density at radius 1 is 1.10 bits per heavy atom. The highest BCUT2D eigenvalue weighted by atomic mass is 32.1. The quantitative estimate of drug-likeness (QED) is 0.453. The molecule has 30 heavy (non-hydrogen) atoms. The fraction of sp³-hybridized carbons (Fsp3) is 0.200. The van der Waals surface area contributed by atoms with Gasteiger partial charge < -0.3 is 14.2 Å². The Morgan fingerprint density at radius 3 is 2.50 bits per heavy atom. The van der Waals surface area contributed by atoms with Gasteiger partial charge in [-0.2, -0.15) is 0 Å². The second-order valence-corrected chi connectivity index (χ2v) is 7.09. The summed E-state index contributed by atoms with van der Waals surface area (Å²) in [5.74, 6) is -1.93. The molecular weight excluding hydrogens is 411 g/mol. The van der Waals surface area contributed by atoms with E-state index in [-0.39, 0.29) is 28.0 Å². The van der Waals surface area contributed by atoms with Gasteiger partial charge in [-0.1, -0.05) is 12.1 Å². The van der Waals surface area contributed by atoms with Crippen molar-refractivity contribution in [2.45, 2.75) is 0 Å². The van der Waals surface area contributed by atoms with Gasteiger partial charge >= 0.3 is 0 Å². The molecule has 3 heterocycles. The first-order valence-corrected chi connectivity index (χ1v) is 9.59. The van der Waals surface area contributed by atoms with Gasteiger partial charge in [-0.3, -0.25) is 19.7 Å². The molecule has 0 spiro atoms. The minimum atomic E-state index is -0.706. The second-order valence-electron chi connectivity index (χ2n) is 6.70. The number of thiocarbonyl (C=S) groups is 1. The van der Waals surface area contributed by atoms with Crippen LogP contribution in [0.5, 0.6) is 0 Å². The highest BCUT2D eigenvalue weighted by Gasteiger charge is 2.36. The number of amides is 3. The van der Waals surface area contributed by atoms with Crippen LogP contribution >= 0.6 is 12.2 Å². The zero-order valence-corrected chi connectivity index (χ0v) is 16.5. The summed E-state index contributed by atoms with van der Waals surface area (Å²) in [6, 6.07) is 8.93. The number of para-hydroxylation sites is 1. The summed E-state index contributed by atoms with van der Waals surface area (Å²) in [7, 11) is 0. The normalized spacial score (nSPS) is 18.8. The molecular formula is C20H17FN4O4S. The smallest absolute Gasteiger partial charge is 0.289 e. The molecule has 2 aromatic rings. The van der Waals surface area contributed by atoms with Gasteiger partial charge in [0.05, 0.1) is 12.0 Å². The molecule has 8 nitrogen and oxygen atoms in total. The number of anilines is 1. The molecule has 2 saturated heterocycles. The van der Waals surface area contributed by atoms with Crippen molar-refractivity contribution in [3.63, 3.8) is 0 Å². The molecule has 3 amide bonds. The van der Waals surface area contributed by atoms with E-state index in [1.807, 2.05) is 0 Å². The number of halogens is 1. The number of carbonyl (C=O) groups excluding carboxylic acids is 3. The van der Waals surface area contributed by atoms with E-state index in [0.29, 0.717) is 26.2 Å². The number of hydrogen-bond acceptors (Lipinski definition) is 6. The first-order valence-electron chi connectivity index (χ1n) is 9.18. The Labute approximate surface area is 176 Å². The van der Waals surface area contributed by atoms with Gasteiger partial charge in [0.2, 0.25) is 0 Å². The topological polar surface area (TPSA) is 86.1 Å². The van der Waals surface area contributed by atoms with Crippen LogP contribution in [0.25, 0.3) is 0 Å². The number of benzene rings is 1. The van der Waals surface area contributed by atoms with Crippen molar-refractivity contribution in [2.75, 3.05) is 31.1 Å². The third kappa shape index (κ3) is 3.69. The summed E-state index contributed by atoms with van der Waals surface area (Å²) in [6.45, 7) is 1.63. The van der Waals surface area contributed by atoms with E-state index in [4.69, 9.17) is 16.6 Å². The first-order chi connectivity index (χ1) is 14.5. The van der Waals surface area contributed by atoms with Crippen molar-refractivity contribution in [1.29, 1.82) is 0 Å². The lowest BCUT2D eigenvalue weighted by molar-refractivity contribution is -0.122. The molecule has 0 atom stereocenters. The molecule has 0 unspecified atom stereocenters. The molecule has 1 N–H and O–H groups in total. The maximum absolute atomic E-state index is 14.2. The Bertz CT molecular complexity index is 1040. The average Bonchev–Trinajstić information content (AvgIpc) is 3.27. The third-order valence-corrected chi connectivity index (χ3v) is 5.12. The molecule has 1 aromatic heterocycles. The molecule has 0 aliphatic carbocycles. The van der Waals surface area contributed by atoms with Crippen molar-refractivity contribution in [3.05, 3.63) is 66.0 Å². The van der Waals surface area contributed by atoms with Crippen molar-refractivity contribution in [3.8, 4) is 0 Å². The summed E-state index contributed by atoms with van der Waals surface area (Å²) in [5, 5.41) is 2.25. The third-order valence-electron chi connectivity index (χ3n) is 4.84. The van der Waals surface area contributed by atoms with Gasteiger partial charge in [0, 0.05) is 32.4 Å². The van der Waals surface area contributed by atoms with E-state index in [9.17, 15) is 18.8 Å². The number of nitrogens with zero attached hydrogens (tertiary/aromatic N) is 3. The van der Waals surface area contributed by atoms with Crippen molar-refractivity contribution >= 4 is 40.7 Å². The van der Waals surface area contributed by atoms with E-state index in [2.05, 4.69) is 5.32 Å². The number of hydrogen-bond donors (Lipinski definition) is 1. The van der Waals surface area contributed by atoms with Gasteiger partial charge in [-0.15, -0.1) is 0 Å². The maximum Gasteiger partial charge on any atom is 0.289 e. The van der Waals surface area contributed by atoms with Crippen LogP contribution < -0.4 is 10.2 Å². The van der Waals surface area contributed by atoms with Crippen molar-refractivity contribution in [1.82, 2.24) is 15.1 Å². The summed E-state index contributed by atoms with van der Waals surface area (Å²) in [4.78, 5) is 42.0. The van der Waals surface area contributed by atoms with E-state index in [1.54, 1.807) is 28.0 Å². The predicted molar refractivity (Wildman–Crippen MR) is 109 cm³/mol. The Kier molecular flexibility index (Phi) is 5.32. The van der Waals surface area contributed by atoms with Gasteiger partial charge in [0.15, 0.2) is 10.9 Å². The fourth-order valence-electron chi connectivity index (χ4n) is 3.29. The van der Waals surface area contributed by atoms with Gasteiger partial charge in [0.1, 0.15) is 11.4 Å². The van der Waals surface area contributed by atoms with Crippen molar-refractivity contribution in [2.24, 2.45) is 0 Å². The van der Waals surface area contributed by atoms with Crippen LogP contribution in [-0.2, 0) is 9.59 Å². The maximum atomic E-state index is 14.2. The fourth-order valence-corrected chi connectivity index (χ4v) is 3.56. The van der Waals surface area contributed by atoms with Crippen LogP contribution in [0.2, 0.25) is 0 Å². The zero-order valence-electron chi connectivity index (χ0n) is 15.7. The molecule has 2 fully saturated rings. The second kappa shape index (κ2) is 8.07. The van der Waals surface area contributed by atoms with E-state index in [0.717, 1.165) is 4.90 Å². The van der Waals surface area contributed by atoms with Crippen LogP contribution in [0.15, 0.2) is 58.9 Å². The lowest BCUT2D eigenvalue weighted by atomic mass is 10.1. The molecule has 0 bridgehead atoms. The Morgan fingerprint density at radius 2 is 1.83 bits per heavy atom. The highest BCUT2D eigenvalue weighted by molar-refractivity contribution is 7.80. The number of carbonyl (C=O) groups is 3.